The van der Waals surface area contributed by atoms with Crippen LogP contribution in [0, 0.1) is 0 Å². The number of likely N-dealkylation sites (tertiary alicyclic amines) is 1. The van der Waals surface area contributed by atoms with E-state index in [1.54, 1.807) is 6.07 Å². The van der Waals surface area contributed by atoms with Crippen molar-refractivity contribution in [2.75, 3.05) is 19.6 Å². The highest BCUT2D eigenvalue weighted by atomic mass is 19.4. The van der Waals surface area contributed by atoms with Crippen LogP contribution in [0.25, 0.3) is 0 Å². The van der Waals surface area contributed by atoms with Crippen molar-refractivity contribution < 1.29 is 22.8 Å². The van der Waals surface area contributed by atoms with E-state index in [0.29, 0.717) is 0 Å². The second kappa shape index (κ2) is 7.33. The smallest absolute Gasteiger partial charge is 0.345 e. The number of halogens is 3. The number of rotatable bonds is 4. The lowest BCUT2D eigenvalue weighted by atomic mass is 9.86. The summed E-state index contributed by atoms with van der Waals surface area (Å²) in [7, 11) is 0. The second-order valence-electron chi connectivity index (χ2n) is 6.17. The van der Waals surface area contributed by atoms with Crippen LogP contribution in [-0.4, -0.2) is 62.3 Å². The summed E-state index contributed by atoms with van der Waals surface area (Å²) in [6.45, 7) is -1.05. The van der Waals surface area contributed by atoms with Crippen molar-refractivity contribution in [1.82, 2.24) is 30.0 Å². The summed E-state index contributed by atoms with van der Waals surface area (Å²) in [5.41, 5.74) is -1.06. The van der Waals surface area contributed by atoms with Crippen LogP contribution >= 0.6 is 0 Å². The zero-order valence-corrected chi connectivity index (χ0v) is 14.2. The molecule has 2 amide bonds. The zero-order chi connectivity index (χ0) is 19.5. The molecule has 3 rings (SSSR count). The number of hydrogen-bond donors (Lipinski definition) is 1. The molecule has 3 heterocycles. The van der Waals surface area contributed by atoms with Crippen molar-refractivity contribution in [1.29, 1.82) is 0 Å². The maximum Gasteiger partial charge on any atom is 0.405 e. The quantitative estimate of drug-likeness (QED) is 0.851. The van der Waals surface area contributed by atoms with Crippen molar-refractivity contribution in [3.8, 4) is 0 Å². The molecule has 2 aromatic heterocycles. The van der Waals surface area contributed by atoms with Gasteiger partial charge in [-0.3, -0.25) is 14.3 Å². The molecule has 0 saturated carbocycles. The number of nitrogens with one attached hydrogen (secondary N) is 1. The molecule has 144 valence electrons. The fourth-order valence-corrected chi connectivity index (χ4v) is 3.09. The van der Waals surface area contributed by atoms with Gasteiger partial charge in [0, 0.05) is 31.7 Å². The van der Waals surface area contributed by atoms with Crippen LogP contribution < -0.4 is 5.32 Å². The van der Waals surface area contributed by atoms with E-state index in [1.165, 1.54) is 40.6 Å². The first kappa shape index (κ1) is 18.8. The lowest BCUT2D eigenvalue weighted by Gasteiger charge is -2.40. The van der Waals surface area contributed by atoms with Crippen LogP contribution in [0.5, 0.6) is 0 Å². The van der Waals surface area contributed by atoms with E-state index in [9.17, 15) is 22.8 Å². The van der Waals surface area contributed by atoms with E-state index in [1.807, 2.05) is 5.32 Å². The molecule has 0 aliphatic carbocycles. The van der Waals surface area contributed by atoms with Gasteiger partial charge in [-0.2, -0.15) is 18.3 Å². The van der Waals surface area contributed by atoms with Gasteiger partial charge in [0.25, 0.3) is 5.91 Å². The van der Waals surface area contributed by atoms with Gasteiger partial charge in [-0.1, -0.05) is 0 Å². The third-order valence-electron chi connectivity index (χ3n) is 4.49. The van der Waals surface area contributed by atoms with Crippen molar-refractivity contribution in [2.45, 2.75) is 24.6 Å². The molecule has 11 heteroatoms. The topological polar surface area (TPSA) is 93.0 Å². The Balaban J connectivity index is 1.75. The summed E-state index contributed by atoms with van der Waals surface area (Å²) in [4.78, 5) is 34.3. The number of piperidine rings is 1. The summed E-state index contributed by atoms with van der Waals surface area (Å²) in [6.07, 6.45) is 1.46. The van der Waals surface area contributed by atoms with Gasteiger partial charge in [-0.05, 0) is 25.0 Å². The Hall–Kier alpha value is -2.98. The SMILES string of the molecule is O=C(c1ccncn1)N1CCC(C(=O)NCC(F)(F)F)(n2cccn2)CC1. The van der Waals surface area contributed by atoms with Crippen LogP contribution in [-0.2, 0) is 10.3 Å². The average Bonchev–Trinajstić information content (AvgIpc) is 3.21. The normalized spacial score (nSPS) is 16.8. The van der Waals surface area contributed by atoms with Gasteiger partial charge >= 0.3 is 6.18 Å². The van der Waals surface area contributed by atoms with Gasteiger partial charge in [-0.15, -0.1) is 0 Å². The Kier molecular flexibility index (Phi) is 5.10. The zero-order valence-electron chi connectivity index (χ0n) is 14.2. The van der Waals surface area contributed by atoms with Gasteiger partial charge in [0.15, 0.2) is 0 Å². The molecule has 0 spiro atoms. The molecule has 1 N–H and O–H groups in total. The van der Waals surface area contributed by atoms with E-state index in [4.69, 9.17) is 0 Å². The average molecular weight is 382 g/mol. The fraction of sp³-hybridized carbons (Fsp3) is 0.438. The van der Waals surface area contributed by atoms with Crippen LogP contribution in [0.15, 0.2) is 37.1 Å². The van der Waals surface area contributed by atoms with E-state index >= 15 is 0 Å². The summed E-state index contributed by atoms with van der Waals surface area (Å²) >= 11 is 0. The van der Waals surface area contributed by atoms with E-state index in [0.717, 1.165) is 0 Å². The molecule has 1 aliphatic heterocycles. The van der Waals surface area contributed by atoms with Crippen molar-refractivity contribution in [3.05, 3.63) is 42.7 Å². The Morgan fingerprint density at radius 2 is 1.96 bits per heavy atom. The van der Waals surface area contributed by atoms with E-state index in [-0.39, 0.29) is 37.5 Å². The minimum atomic E-state index is -4.51. The Labute approximate surface area is 152 Å². The number of amides is 2. The number of hydrogen-bond acceptors (Lipinski definition) is 5. The molecule has 0 unspecified atom stereocenters. The number of carbonyl (C=O) groups is 2. The van der Waals surface area contributed by atoms with Gasteiger partial charge in [0.05, 0.1) is 0 Å². The maximum atomic E-state index is 12.6. The van der Waals surface area contributed by atoms with Crippen molar-refractivity contribution >= 4 is 11.8 Å². The first-order chi connectivity index (χ1) is 12.8. The predicted octanol–water partition coefficient (Wildman–Crippen LogP) is 0.983. The molecule has 0 bridgehead atoms. The minimum Gasteiger partial charge on any atom is -0.345 e. The molecule has 0 radical (unpaired) electrons. The molecule has 1 aliphatic rings. The Morgan fingerprint density at radius 1 is 1.22 bits per heavy atom. The van der Waals surface area contributed by atoms with Crippen LogP contribution in [0.3, 0.4) is 0 Å². The number of nitrogens with zero attached hydrogens (tertiary/aromatic N) is 5. The van der Waals surface area contributed by atoms with Crippen molar-refractivity contribution in [3.63, 3.8) is 0 Å². The summed E-state index contributed by atoms with van der Waals surface area (Å²) in [5, 5.41) is 6.00. The van der Waals surface area contributed by atoms with Crippen LogP contribution in [0.4, 0.5) is 13.2 Å². The van der Waals surface area contributed by atoms with Gasteiger partial charge < -0.3 is 10.2 Å². The highest BCUT2D eigenvalue weighted by Gasteiger charge is 2.45. The van der Waals surface area contributed by atoms with Gasteiger partial charge in [0.2, 0.25) is 5.91 Å². The predicted molar refractivity (Wildman–Crippen MR) is 86.4 cm³/mol. The second-order valence-corrected chi connectivity index (χ2v) is 6.17. The van der Waals surface area contributed by atoms with Crippen LogP contribution in [0.2, 0.25) is 0 Å². The third-order valence-corrected chi connectivity index (χ3v) is 4.49. The monoisotopic (exact) mass is 382 g/mol. The molecule has 8 nitrogen and oxygen atoms in total. The lowest BCUT2D eigenvalue weighted by Crippen LogP contribution is -2.57. The van der Waals surface area contributed by atoms with Crippen molar-refractivity contribution in [2.24, 2.45) is 0 Å². The Morgan fingerprint density at radius 3 is 2.52 bits per heavy atom. The highest BCUT2D eigenvalue weighted by Crippen LogP contribution is 2.31. The summed E-state index contributed by atoms with van der Waals surface area (Å²) in [5.74, 6) is -1.08. The van der Waals surface area contributed by atoms with E-state index < -0.39 is 24.2 Å². The maximum absolute atomic E-state index is 12.6. The third kappa shape index (κ3) is 4.07. The molecule has 1 fully saturated rings. The molecule has 1 saturated heterocycles. The van der Waals surface area contributed by atoms with E-state index in [2.05, 4.69) is 15.1 Å². The highest BCUT2D eigenvalue weighted by molar-refractivity contribution is 5.92. The molecular formula is C16H17F3N6O2. The number of carbonyl (C=O) groups excluding carboxylic acids is 2. The Bertz CT molecular complexity index is 786. The van der Waals surface area contributed by atoms with Gasteiger partial charge in [-0.25, -0.2) is 9.97 Å². The largest absolute Gasteiger partial charge is 0.405 e. The van der Waals surface area contributed by atoms with Crippen LogP contribution in [0.1, 0.15) is 23.3 Å². The number of alkyl halides is 3. The molecule has 27 heavy (non-hydrogen) atoms. The summed E-state index contributed by atoms with van der Waals surface area (Å²) < 4.78 is 38.9. The molecule has 0 atom stereocenters. The minimum absolute atomic E-state index is 0.134. The lowest BCUT2D eigenvalue weighted by molar-refractivity contribution is -0.146. The summed E-state index contributed by atoms with van der Waals surface area (Å²) in [6, 6.07) is 3.07. The van der Waals surface area contributed by atoms with Gasteiger partial charge in [0.1, 0.15) is 24.1 Å². The molecule has 2 aromatic rings. The first-order valence-corrected chi connectivity index (χ1v) is 8.22. The first-order valence-electron chi connectivity index (χ1n) is 8.22. The molecule has 0 aromatic carbocycles. The molecular weight excluding hydrogens is 365 g/mol. The fourth-order valence-electron chi connectivity index (χ4n) is 3.09. The number of aromatic nitrogens is 4. The standard InChI is InChI=1S/C16H17F3N6O2/c17-16(18,19)10-21-14(27)15(25-7-1-5-23-25)3-8-24(9-4-15)13(26)12-2-6-20-11-22-12/h1-2,5-7,11H,3-4,8-10H2,(H,21,27).